The van der Waals surface area contributed by atoms with Crippen molar-refractivity contribution in [1.29, 1.82) is 0 Å². The highest BCUT2D eigenvalue weighted by Gasteiger charge is 2.08. The highest BCUT2D eigenvalue weighted by molar-refractivity contribution is 14.0. The van der Waals surface area contributed by atoms with Crippen LogP contribution in [0.25, 0.3) is 0 Å². The maximum atomic E-state index is 11.9. The molecule has 0 saturated carbocycles. The van der Waals surface area contributed by atoms with Gasteiger partial charge in [-0.15, -0.1) is 24.0 Å². The van der Waals surface area contributed by atoms with Crippen molar-refractivity contribution in [3.63, 3.8) is 0 Å². The zero-order valence-electron chi connectivity index (χ0n) is 15.2. The summed E-state index contributed by atoms with van der Waals surface area (Å²) in [6.45, 7) is 3.78. The predicted octanol–water partition coefficient (Wildman–Crippen LogP) is 4.01. The third-order valence-electron chi connectivity index (χ3n) is 3.71. The van der Waals surface area contributed by atoms with Gasteiger partial charge < -0.3 is 20.4 Å². The van der Waals surface area contributed by atoms with Gasteiger partial charge in [-0.2, -0.15) is 0 Å². The van der Waals surface area contributed by atoms with Gasteiger partial charge in [0.05, 0.1) is 6.26 Å². The van der Waals surface area contributed by atoms with Crippen molar-refractivity contribution in [2.24, 2.45) is 4.99 Å². The van der Waals surface area contributed by atoms with Crippen LogP contribution in [0.3, 0.4) is 0 Å². The van der Waals surface area contributed by atoms with Gasteiger partial charge in [-0.25, -0.2) is 0 Å². The number of benzene rings is 1. The average Bonchev–Trinajstić information content (AvgIpc) is 3.17. The maximum Gasteiger partial charge on any atom is 0.291 e. The Labute approximate surface area is 171 Å². The van der Waals surface area contributed by atoms with Gasteiger partial charge in [0, 0.05) is 25.8 Å². The van der Waals surface area contributed by atoms with E-state index in [9.17, 15) is 4.79 Å². The number of nitrogens with one attached hydrogen (secondary N) is 3. The standard InChI is InChI=1S/C19H26N4O2.HI/c1-3-4-5-12-21-19(20-2)22-14-15-8-10-16(11-9-15)23-18(24)17-7-6-13-25-17;/h6-11,13H,3-5,12,14H2,1-2H3,(H,23,24)(H2,20,21,22);1H. The van der Waals surface area contributed by atoms with E-state index in [1.54, 1.807) is 19.2 Å². The molecule has 0 aliphatic carbocycles. The lowest BCUT2D eigenvalue weighted by molar-refractivity contribution is 0.0996. The molecule has 0 aliphatic heterocycles. The number of amides is 1. The van der Waals surface area contributed by atoms with Gasteiger partial charge in [-0.05, 0) is 36.2 Å². The molecule has 142 valence electrons. The predicted molar refractivity (Wildman–Crippen MR) is 116 cm³/mol. The van der Waals surface area contributed by atoms with E-state index in [0.717, 1.165) is 30.2 Å². The lowest BCUT2D eigenvalue weighted by atomic mass is 10.2. The summed E-state index contributed by atoms with van der Waals surface area (Å²) in [4.78, 5) is 16.1. The van der Waals surface area contributed by atoms with Gasteiger partial charge in [0.1, 0.15) is 0 Å². The summed E-state index contributed by atoms with van der Waals surface area (Å²) in [6, 6.07) is 11.0. The molecule has 1 heterocycles. The number of nitrogens with zero attached hydrogens (tertiary/aromatic N) is 1. The molecule has 2 aromatic rings. The molecule has 3 N–H and O–H groups in total. The number of aliphatic imine (C=N–C) groups is 1. The molecule has 6 nitrogen and oxygen atoms in total. The fourth-order valence-electron chi connectivity index (χ4n) is 2.29. The van der Waals surface area contributed by atoms with Crippen molar-refractivity contribution in [2.45, 2.75) is 32.7 Å². The number of anilines is 1. The molecule has 1 aromatic carbocycles. The molecule has 1 aromatic heterocycles. The quantitative estimate of drug-likeness (QED) is 0.236. The van der Waals surface area contributed by atoms with Gasteiger partial charge in [0.15, 0.2) is 11.7 Å². The van der Waals surface area contributed by atoms with Crippen molar-refractivity contribution in [1.82, 2.24) is 10.6 Å². The van der Waals surface area contributed by atoms with Crippen molar-refractivity contribution in [2.75, 3.05) is 18.9 Å². The van der Waals surface area contributed by atoms with Crippen molar-refractivity contribution in [3.05, 3.63) is 54.0 Å². The Hall–Kier alpha value is -2.03. The molecule has 0 fully saturated rings. The van der Waals surface area contributed by atoms with E-state index in [0.29, 0.717) is 12.3 Å². The number of carbonyl (C=O) groups excluding carboxylic acids is 1. The van der Waals surface area contributed by atoms with E-state index in [1.807, 2.05) is 24.3 Å². The zero-order valence-corrected chi connectivity index (χ0v) is 17.6. The minimum absolute atomic E-state index is 0. The number of carbonyl (C=O) groups is 1. The Morgan fingerprint density at radius 3 is 2.50 bits per heavy atom. The van der Waals surface area contributed by atoms with E-state index in [2.05, 4.69) is 27.9 Å². The van der Waals surface area contributed by atoms with Crippen LogP contribution in [0.5, 0.6) is 0 Å². The molecule has 0 unspecified atom stereocenters. The van der Waals surface area contributed by atoms with Crippen LogP contribution in [-0.2, 0) is 6.54 Å². The summed E-state index contributed by atoms with van der Waals surface area (Å²) in [7, 11) is 1.77. The first-order valence-corrected chi connectivity index (χ1v) is 8.61. The smallest absolute Gasteiger partial charge is 0.291 e. The number of hydrogen-bond donors (Lipinski definition) is 3. The molecule has 0 spiro atoms. The van der Waals surface area contributed by atoms with Crippen molar-refractivity contribution >= 4 is 41.5 Å². The van der Waals surface area contributed by atoms with E-state index in [1.165, 1.54) is 19.1 Å². The first kappa shape index (κ1) is 22.0. The lowest BCUT2D eigenvalue weighted by Gasteiger charge is -2.12. The van der Waals surface area contributed by atoms with E-state index < -0.39 is 0 Å². The number of guanidine groups is 1. The summed E-state index contributed by atoms with van der Waals surface area (Å²) in [5.41, 5.74) is 1.83. The summed E-state index contributed by atoms with van der Waals surface area (Å²) >= 11 is 0. The Morgan fingerprint density at radius 2 is 1.88 bits per heavy atom. The second-order valence-corrected chi connectivity index (χ2v) is 5.69. The van der Waals surface area contributed by atoms with Gasteiger partial charge in [0.2, 0.25) is 0 Å². The van der Waals surface area contributed by atoms with Gasteiger partial charge in [0.25, 0.3) is 5.91 Å². The Kier molecular flexibility index (Phi) is 10.5. The van der Waals surface area contributed by atoms with Crippen LogP contribution in [0, 0.1) is 0 Å². The van der Waals surface area contributed by atoms with Gasteiger partial charge >= 0.3 is 0 Å². The van der Waals surface area contributed by atoms with Crippen LogP contribution in [-0.4, -0.2) is 25.5 Å². The number of halogens is 1. The molecule has 0 atom stereocenters. The minimum Gasteiger partial charge on any atom is -0.459 e. The third kappa shape index (κ3) is 7.47. The molecule has 0 saturated heterocycles. The number of unbranched alkanes of at least 4 members (excludes halogenated alkanes) is 2. The highest BCUT2D eigenvalue weighted by Crippen LogP contribution is 2.11. The lowest BCUT2D eigenvalue weighted by Crippen LogP contribution is -2.37. The topological polar surface area (TPSA) is 78.7 Å². The Balaban J connectivity index is 0.00000338. The fraction of sp³-hybridized carbons (Fsp3) is 0.368. The van der Waals surface area contributed by atoms with Gasteiger partial charge in [-0.3, -0.25) is 9.79 Å². The van der Waals surface area contributed by atoms with E-state index in [4.69, 9.17) is 4.42 Å². The minimum atomic E-state index is -0.257. The van der Waals surface area contributed by atoms with E-state index >= 15 is 0 Å². The fourth-order valence-corrected chi connectivity index (χ4v) is 2.29. The van der Waals surface area contributed by atoms with Gasteiger partial charge in [-0.1, -0.05) is 31.9 Å². The zero-order chi connectivity index (χ0) is 17.9. The SMILES string of the molecule is CCCCCNC(=NC)NCc1ccc(NC(=O)c2ccco2)cc1.I. The van der Waals surface area contributed by atoms with Crippen LogP contribution in [0.1, 0.15) is 42.3 Å². The Bertz CT molecular complexity index is 669. The van der Waals surface area contributed by atoms with Crippen LogP contribution >= 0.6 is 24.0 Å². The normalized spacial score (nSPS) is 10.8. The molecule has 7 heteroatoms. The monoisotopic (exact) mass is 470 g/mol. The molecular formula is C19H27IN4O2. The Morgan fingerprint density at radius 1 is 1.12 bits per heavy atom. The maximum absolute atomic E-state index is 11.9. The second kappa shape index (κ2) is 12.3. The summed E-state index contributed by atoms with van der Waals surface area (Å²) < 4.78 is 5.07. The van der Waals surface area contributed by atoms with Crippen LogP contribution < -0.4 is 16.0 Å². The van der Waals surface area contributed by atoms with Crippen LogP contribution in [0.4, 0.5) is 5.69 Å². The molecular weight excluding hydrogens is 443 g/mol. The van der Waals surface area contributed by atoms with E-state index in [-0.39, 0.29) is 29.9 Å². The van der Waals surface area contributed by atoms with Crippen LogP contribution in [0.2, 0.25) is 0 Å². The summed E-state index contributed by atoms with van der Waals surface area (Å²) in [5, 5.41) is 9.38. The van der Waals surface area contributed by atoms with Crippen molar-refractivity contribution < 1.29 is 9.21 Å². The second-order valence-electron chi connectivity index (χ2n) is 5.69. The largest absolute Gasteiger partial charge is 0.459 e. The third-order valence-corrected chi connectivity index (χ3v) is 3.71. The first-order chi connectivity index (χ1) is 12.2. The highest BCUT2D eigenvalue weighted by atomic mass is 127. The summed E-state index contributed by atoms with van der Waals surface area (Å²) in [6.07, 6.45) is 5.04. The van der Waals surface area contributed by atoms with Crippen molar-refractivity contribution in [3.8, 4) is 0 Å². The average molecular weight is 470 g/mol. The molecule has 0 aliphatic rings. The summed E-state index contributed by atoms with van der Waals surface area (Å²) in [5.74, 6) is 0.836. The molecule has 2 rings (SSSR count). The van der Waals surface area contributed by atoms with Crippen LogP contribution in [0.15, 0.2) is 52.1 Å². The first-order valence-electron chi connectivity index (χ1n) is 8.61. The number of furan rings is 1. The number of hydrogen-bond acceptors (Lipinski definition) is 3. The molecule has 0 radical (unpaired) electrons. The molecule has 1 amide bonds. The molecule has 26 heavy (non-hydrogen) atoms. The number of rotatable bonds is 8. The molecule has 0 bridgehead atoms.